The number of hydrogen-bond acceptors (Lipinski definition) is 5. The van der Waals surface area contributed by atoms with Gasteiger partial charge in [-0.3, -0.25) is 4.79 Å². The predicted molar refractivity (Wildman–Crippen MR) is 64.5 cm³/mol. The van der Waals surface area contributed by atoms with Crippen LogP contribution in [0.3, 0.4) is 0 Å². The lowest BCUT2D eigenvalue weighted by molar-refractivity contribution is 0.0914. The highest BCUT2D eigenvalue weighted by Gasteiger charge is 2.20. The molecule has 90 valence electrons. The fourth-order valence-corrected chi connectivity index (χ4v) is 1.83. The number of thiazole rings is 1. The van der Waals surface area contributed by atoms with Gasteiger partial charge in [0.05, 0.1) is 5.69 Å². The topological polar surface area (TPSA) is 88.2 Å². The fourth-order valence-electron chi connectivity index (χ4n) is 1.08. The van der Waals surface area contributed by atoms with Gasteiger partial charge in [0.2, 0.25) is 0 Å². The monoisotopic (exact) mass is 243 g/mol. The van der Waals surface area contributed by atoms with E-state index in [1.165, 1.54) is 11.3 Å². The van der Waals surface area contributed by atoms with Crippen LogP contribution in [-0.2, 0) is 0 Å². The van der Waals surface area contributed by atoms with E-state index in [4.69, 9.17) is 10.8 Å². The normalized spacial score (nSPS) is 11.5. The van der Waals surface area contributed by atoms with Gasteiger partial charge in [-0.1, -0.05) is 25.2 Å². The third-order valence-electron chi connectivity index (χ3n) is 2.17. The number of aryl methyl sites for hydroxylation is 1. The van der Waals surface area contributed by atoms with E-state index in [-0.39, 0.29) is 17.9 Å². The minimum Gasteiger partial charge on any atom is -0.396 e. The molecule has 0 spiro atoms. The summed E-state index contributed by atoms with van der Waals surface area (Å²) >= 11 is 1.17. The van der Waals surface area contributed by atoms with Crippen LogP contribution in [0, 0.1) is 12.3 Å². The van der Waals surface area contributed by atoms with Gasteiger partial charge in [0, 0.05) is 18.6 Å². The highest BCUT2D eigenvalue weighted by atomic mass is 32.1. The van der Waals surface area contributed by atoms with Gasteiger partial charge in [0.25, 0.3) is 5.91 Å². The molecule has 0 radical (unpaired) electrons. The zero-order valence-corrected chi connectivity index (χ0v) is 10.5. The van der Waals surface area contributed by atoms with Crippen molar-refractivity contribution in [2.75, 3.05) is 18.9 Å². The molecular weight excluding hydrogens is 226 g/mol. The average molecular weight is 243 g/mol. The van der Waals surface area contributed by atoms with Crippen LogP contribution in [0.1, 0.15) is 29.2 Å². The molecule has 1 heterocycles. The third-order valence-corrected chi connectivity index (χ3v) is 3.16. The van der Waals surface area contributed by atoms with Crippen molar-refractivity contribution in [3.05, 3.63) is 10.6 Å². The minimum absolute atomic E-state index is 0.0249. The molecule has 0 aliphatic heterocycles. The van der Waals surface area contributed by atoms with Gasteiger partial charge >= 0.3 is 0 Å². The molecule has 1 aromatic heterocycles. The van der Waals surface area contributed by atoms with Crippen LogP contribution in [0.15, 0.2) is 0 Å². The standard InChI is InChI=1S/C10H17N3O2S/c1-6-7(16-9(11)13-6)8(15)12-4-10(2,3)5-14/h14H,4-5H2,1-3H3,(H2,11,13)(H,12,15). The predicted octanol–water partition coefficient (Wildman–Crippen LogP) is 0.782. The van der Waals surface area contributed by atoms with Crippen molar-refractivity contribution in [2.24, 2.45) is 5.41 Å². The summed E-state index contributed by atoms with van der Waals surface area (Å²) in [4.78, 5) is 16.3. The quantitative estimate of drug-likeness (QED) is 0.729. The van der Waals surface area contributed by atoms with Crippen LogP contribution in [0.4, 0.5) is 5.13 Å². The van der Waals surface area contributed by atoms with E-state index < -0.39 is 0 Å². The van der Waals surface area contributed by atoms with Crippen LogP contribution in [0.2, 0.25) is 0 Å². The summed E-state index contributed by atoms with van der Waals surface area (Å²) in [5.41, 5.74) is 5.83. The molecule has 0 unspecified atom stereocenters. The van der Waals surface area contributed by atoms with Gasteiger partial charge in [-0.05, 0) is 6.92 Å². The Labute approximate surface area is 98.7 Å². The summed E-state index contributed by atoms with van der Waals surface area (Å²) in [6, 6.07) is 0. The number of nitrogens with two attached hydrogens (primary N) is 1. The second-order valence-electron chi connectivity index (χ2n) is 4.47. The van der Waals surface area contributed by atoms with Gasteiger partial charge < -0.3 is 16.2 Å². The number of aliphatic hydroxyl groups excluding tert-OH is 1. The molecule has 0 bridgehead atoms. The second-order valence-corrected chi connectivity index (χ2v) is 5.50. The zero-order chi connectivity index (χ0) is 12.3. The molecule has 5 nitrogen and oxygen atoms in total. The summed E-state index contributed by atoms with van der Waals surface area (Å²) in [6.45, 7) is 5.94. The van der Waals surface area contributed by atoms with Crippen molar-refractivity contribution in [2.45, 2.75) is 20.8 Å². The first-order valence-electron chi connectivity index (χ1n) is 4.98. The van der Waals surface area contributed by atoms with Crippen molar-refractivity contribution in [1.29, 1.82) is 0 Å². The van der Waals surface area contributed by atoms with Gasteiger partial charge in [-0.25, -0.2) is 4.98 Å². The zero-order valence-electron chi connectivity index (χ0n) is 9.70. The first-order valence-corrected chi connectivity index (χ1v) is 5.79. The lowest BCUT2D eigenvalue weighted by Crippen LogP contribution is -2.35. The van der Waals surface area contributed by atoms with Crippen LogP contribution >= 0.6 is 11.3 Å². The Balaban J connectivity index is 2.63. The molecule has 0 atom stereocenters. The van der Waals surface area contributed by atoms with Crippen LogP contribution in [0.5, 0.6) is 0 Å². The molecule has 4 N–H and O–H groups in total. The lowest BCUT2D eigenvalue weighted by atomic mass is 9.95. The van der Waals surface area contributed by atoms with Crippen molar-refractivity contribution in [3.63, 3.8) is 0 Å². The lowest BCUT2D eigenvalue weighted by Gasteiger charge is -2.21. The number of carbonyl (C=O) groups is 1. The molecule has 16 heavy (non-hydrogen) atoms. The summed E-state index contributed by atoms with van der Waals surface area (Å²) in [7, 11) is 0. The maximum atomic E-state index is 11.8. The molecule has 0 aliphatic carbocycles. The maximum absolute atomic E-state index is 11.8. The van der Waals surface area contributed by atoms with Crippen molar-refractivity contribution < 1.29 is 9.90 Å². The highest BCUT2D eigenvalue weighted by Crippen LogP contribution is 2.20. The number of aliphatic hydroxyl groups is 1. The summed E-state index contributed by atoms with van der Waals surface area (Å²) in [5, 5.41) is 12.2. The Morgan fingerprint density at radius 1 is 1.62 bits per heavy atom. The fraction of sp³-hybridized carbons (Fsp3) is 0.600. The summed E-state index contributed by atoms with van der Waals surface area (Å²) in [6.07, 6.45) is 0. The smallest absolute Gasteiger partial charge is 0.263 e. The van der Waals surface area contributed by atoms with Gasteiger partial charge in [-0.15, -0.1) is 0 Å². The van der Waals surface area contributed by atoms with Crippen molar-refractivity contribution in [1.82, 2.24) is 10.3 Å². The molecular formula is C10H17N3O2S. The Morgan fingerprint density at radius 3 is 2.69 bits per heavy atom. The Bertz CT molecular complexity index is 387. The van der Waals surface area contributed by atoms with Crippen LogP contribution in [0.25, 0.3) is 0 Å². The molecule has 1 aromatic rings. The summed E-state index contributed by atoms with van der Waals surface area (Å²) < 4.78 is 0. The number of amides is 1. The van der Waals surface area contributed by atoms with Gasteiger partial charge in [0.15, 0.2) is 5.13 Å². The number of rotatable bonds is 4. The van der Waals surface area contributed by atoms with E-state index in [9.17, 15) is 4.79 Å². The third kappa shape index (κ3) is 3.18. The molecule has 1 amide bonds. The number of carbonyl (C=O) groups excluding carboxylic acids is 1. The van der Waals surface area contributed by atoms with Gasteiger partial charge in [0.1, 0.15) is 4.88 Å². The van der Waals surface area contributed by atoms with Crippen molar-refractivity contribution >= 4 is 22.4 Å². The highest BCUT2D eigenvalue weighted by molar-refractivity contribution is 7.17. The Hall–Kier alpha value is -1.14. The maximum Gasteiger partial charge on any atom is 0.263 e. The minimum atomic E-state index is -0.320. The summed E-state index contributed by atoms with van der Waals surface area (Å²) in [5.74, 6) is -0.187. The van der Waals surface area contributed by atoms with E-state index >= 15 is 0 Å². The Kier molecular flexibility index (Phi) is 3.88. The van der Waals surface area contributed by atoms with Gasteiger partial charge in [-0.2, -0.15) is 0 Å². The number of nitrogen functional groups attached to an aromatic ring is 1. The van der Waals surface area contributed by atoms with E-state index in [1.807, 2.05) is 13.8 Å². The van der Waals surface area contributed by atoms with Crippen LogP contribution < -0.4 is 11.1 Å². The second kappa shape index (κ2) is 4.80. The van der Waals surface area contributed by atoms with E-state index in [2.05, 4.69) is 10.3 Å². The number of nitrogens with one attached hydrogen (secondary N) is 1. The largest absolute Gasteiger partial charge is 0.396 e. The molecule has 6 heteroatoms. The molecule has 0 saturated carbocycles. The average Bonchev–Trinajstić information content (AvgIpc) is 2.54. The first-order chi connectivity index (χ1) is 7.35. The van der Waals surface area contributed by atoms with E-state index in [0.717, 1.165) is 0 Å². The number of nitrogens with zero attached hydrogens (tertiary/aromatic N) is 1. The molecule has 0 aliphatic rings. The first kappa shape index (κ1) is 12.9. The van der Waals surface area contributed by atoms with E-state index in [1.54, 1.807) is 6.92 Å². The number of aromatic nitrogens is 1. The molecule has 1 rings (SSSR count). The Morgan fingerprint density at radius 2 is 2.25 bits per heavy atom. The molecule has 0 fully saturated rings. The number of anilines is 1. The molecule has 0 saturated heterocycles. The van der Waals surface area contributed by atoms with Crippen molar-refractivity contribution in [3.8, 4) is 0 Å². The van der Waals surface area contributed by atoms with Crippen LogP contribution in [-0.4, -0.2) is 29.1 Å². The SMILES string of the molecule is Cc1nc(N)sc1C(=O)NCC(C)(C)CO. The molecule has 0 aromatic carbocycles. The van der Waals surface area contributed by atoms with E-state index in [0.29, 0.717) is 22.2 Å². The number of hydrogen-bond donors (Lipinski definition) is 3.